The summed E-state index contributed by atoms with van der Waals surface area (Å²) in [5.41, 5.74) is 16.8. The van der Waals surface area contributed by atoms with Crippen LogP contribution in [0.15, 0.2) is 97.1 Å². The standard InChI is InChI=1S/C44H34O4/c1-45-39-35-37(43-33-29-23-15-7-3-11-19(23)27(31(33)41(35)47-43)20-12-4-8-16-24(20)29)40(46-2)38-36(39)42-32-28-21-13-5-9-17-25(21)30(34(32)44(38)48-42)26-18-10-6-14-22(26)28/h3-18,27-34,41-44H,1-2H3/t27?,28?,29?,30?,31-,32+,33+,34-,41-,42-,43-,44-/m0/s1. The van der Waals surface area contributed by atoms with Gasteiger partial charge in [-0.2, -0.15) is 0 Å². The topological polar surface area (TPSA) is 36.9 Å². The molecular weight excluding hydrogens is 592 g/mol. The lowest BCUT2D eigenvalue weighted by Crippen LogP contribution is -2.43. The van der Waals surface area contributed by atoms with Crippen LogP contribution in [-0.2, 0) is 9.47 Å². The summed E-state index contributed by atoms with van der Waals surface area (Å²) >= 11 is 0. The number of methoxy groups -OCH3 is 2. The normalized spacial score (nSPS) is 36.4. The Morgan fingerprint density at radius 3 is 0.750 bits per heavy atom. The molecule has 5 aromatic rings. The van der Waals surface area contributed by atoms with Crippen molar-refractivity contribution in [2.45, 2.75) is 48.1 Å². The molecule has 0 N–H and O–H groups in total. The van der Waals surface area contributed by atoms with Crippen LogP contribution in [0.4, 0.5) is 0 Å². The molecule has 0 spiro atoms. The Labute approximate surface area is 279 Å². The molecule has 0 unspecified atom stereocenters. The highest BCUT2D eigenvalue weighted by molar-refractivity contribution is 5.71. The molecule has 6 aliphatic carbocycles. The van der Waals surface area contributed by atoms with Gasteiger partial charge in [0, 0.05) is 69.6 Å². The highest BCUT2D eigenvalue weighted by Gasteiger charge is 2.69. The molecule has 4 heteroatoms. The van der Waals surface area contributed by atoms with Crippen molar-refractivity contribution in [2.75, 3.05) is 14.2 Å². The van der Waals surface area contributed by atoms with E-state index in [0.29, 0.717) is 47.3 Å². The monoisotopic (exact) mass is 626 g/mol. The minimum atomic E-state index is -0.0439. The van der Waals surface area contributed by atoms with Crippen molar-refractivity contribution in [2.24, 2.45) is 23.7 Å². The third-order valence-electron chi connectivity index (χ3n) is 14.2. The van der Waals surface area contributed by atoms with Gasteiger partial charge in [-0.25, -0.2) is 0 Å². The van der Waals surface area contributed by atoms with E-state index < -0.39 is 0 Å². The fourth-order valence-electron chi connectivity index (χ4n) is 13.1. The second-order valence-corrected chi connectivity index (χ2v) is 15.4. The average Bonchev–Trinajstić information content (AvgIpc) is 3.93. The number of benzene rings is 5. The summed E-state index contributed by atoms with van der Waals surface area (Å²) < 4.78 is 27.7. The molecule has 0 aromatic heterocycles. The largest absolute Gasteiger partial charge is 0.496 e. The van der Waals surface area contributed by atoms with Crippen molar-refractivity contribution in [1.82, 2.24) is 0 Å². The lowest BCUT2D eigenvalue weighted by Gasteiger charge is -2.52. The molecular formula is C44H34O4. The van der Waals surface area contributed by atoms with Gasteiger partial charge >= 0.3 is 0 Å². The van der Waals surface area contributed by atoms with Gasteiger partial charge in [0.1, 0.15) is 11.5 Å². The summed E-state index contributed by atoms with van der Waals surface area (Å²) in [4.78, 5) is 0. The van der Waals surface area contributed by atoms with Crippen molar-refractivity contribution >= 4 is 0 Å². The molecule has 8 bridgehead atoms. The zero-order chi connectivity index (χ0) is 31.2. The summed E-state index contributed by atoms with van der Waals surface area (Å²) in [6, 6.07) is 36.7. The van der Waals surface area contributed by atoms with E-state index in [9.17, 15) is 0 Å². The van der Waals surface area contributed by atoms with Crippen LogP contribution in [0.3, 0.4) is 0 Å². The van der Waals surface area contributed by atoms with Gasteiger partial charge in [0.05, 0.1) is 38.6 Å². The predicted molar refractivity (Wildman–Crippen MR) is 180 cm³/mol. The molecule has 4 nitrogen and oxygen atoms in total. The lowest BCUT2D eigenvalue weighted by molar-refractivity contribution is 0.0466. The second kappa shape index (κ2) is 8.42. The van der Waals surface area contributed by atoms with E-state index in [1.807, 2.05) is 14.2 Å². The maximum Gasteiger partial charge on any atom is 0.131 e. The van der Waals surface area contributed by atoms with Crippen molar-refractivity contribution in [1.29, 1.82) is 0 Å². The number of rotatable bonds is 2. The molecule has 234 valence electrons. The minimum absolute atomic E-state index is 0.0439. The molecule has 0 saturated carbocycles. The molecule has 0 amide bonds. The highest BCUT2D eigenvalue weighted by Crippen LogP contribution is 2.79. The smallest absolute Gasteiger partial charge is 0.131 e. The first-order valence-electron chi connectivity index (χ1n) is 17.8. The van der Waals surface area contributed by atoms with E-state index in [-0.39, 0.29) is 24.4 Å². The number of hydrogen-bond acceptors (Lipinski definition) is 4. The van der Waals surface area contributed by atoms with E-state index in [2.05, 4.69) is 97.1 Å². The van der Waals surface area contributed by atoms with Gasteiger partial charge in [0.15, 0.2) is 0 Å². The fraction of sp³-hybridized carbons (Fsp3) is 0.318. The van der Waals surface area contributed by atoms with Crippen LogP contribution in [0.5, 0.6) is 11.5 Å². The predicted octanol–water partition coefficient (Wildman–Crippen LogP) is 9.00. The van der Waals surface area contributed by atoms with Crippen molar-refractivity contribution in [3.8, 4) is 11.5 Å². The van der Waals surface area contributed by atoms with Crippen molar-refractivity contribution < 1.29 is 18.9 Å². The first-order valence-corrected chi connectivity index (χ1v) is 17.8. The number of ether oxygens (including phenoxy) is 4. The molecule has 4 heterocycles. The van der Waals surface area contributed by atoms with Gasteiger partial charge in [-0.1, -0.05) is 97.1 Å². The average molecular weight is 627 g/mol. The van der Waals surface area contributed by atoms with Crippen LogP contribution in [0, 0.1) is 23.7 Å². The van der Waals surface area contributed by atoms with Crippen LogP contribution < -0.4 is 9.47 Å². The Kier molecular flexibility index (Phi) is 4.49. The summed E-state index contributed by atoms with van der Waals surface area (Å²) in [7, 11) is 3.73. The summed E-state index contributed by atoms with van der Waals surface area (Å²) in [5, 5.41) is 0. The van der Waals surface area contributed by atoms with Gasteiger partial charge in [-0.15, -0.1) is 0 Å². The molecule has 48 heavy (non-hydrogen) atoms. The van der Waals surface area contributed by atoms with E-state index in [4.69, 9.17) is 18.9 Å². The third kappa shape index (κ3) is 2.57. The van der Waals surface area contributed by atoms with E-state index in [0.717, 1.165) is 11.5 Å². The van der Waals surface area contributed by atoms with E-state index in [1.54, 1.807) is 0 Å². The highest BCUT2D eigenvalue weighted by atomic mass is 16.5. The molecule has 5 aromatic carbocycles. The molecule has 8 atom stereocenters. The van der Waals surface area contributed by atoms with Crippen LogP contribution in [0.2, 0.25) is 0 Å². The molecule has 4 aliphatic heterocycles. The first-order chi connectivity index (χ1) is 23.8. The van der Waals surface area contributed by atoms with Crippen LogP contribution in [0.1, 0.15) is 115 Å². The Balaban J connectivity index is 1.04. The quantitative estimate of drug-likeness (QED) is 0.196. The Hall–Kier alpha value is -4.38. The van der Waals surface area contributed by atoms with Gasteiger partial charge in [0.25, 0.3) is 0 Å². The molecule has 2 fully saturated rings. The fourth-order valence-corrected chi connectivity index (χ4v) is 13.1. The van der Waals surface area contributed by atoms with Crippen LogP contribution >= 0.6 is 0 Å². The maximum atomic E-state index is 7.26. The zero-order valence-electron chi connectivity index (χ0n) is 26.8. The molecule has 0 radical (unpaired) electrons. The van der Waals surface area contributed by atoms with Crippen molar-refractivity contribution in [3.05, 3.63) is 164 Å². The number of fused-ring (bicyclic) bond motifs is 10. The van der Waals surface area contributed by atoms with Gasteiger partial charge in [-0.05, 0) is 44.5 Å². The molecule has 2 saturated heterocycles. The van der Waals surface area contributed by atoms with Gasteiger partial charge in [0.2, 0.25) is 0 Å². The summed E-state index contributed by atoms with van der Waals surface area (Å²) in [5.74, 6) is 4.63. The number of hydrogen-bond donors (Lipinski definition) is 0. The minimum Gasteiger partial charge on any atom is -0.496 e. The summed E-state index contributed by atoms with van der Waals surface area (Å²) in [6.07, 6.45) is -0.176. The second-order valence-electron chi connectivity index (χ2n) is 15.4. The summed E-state index contributed by atoms with van der Waals surface area (Å²) in [6.45, 7) is 0. The van der Waals surface area contributed by atoms with Gasteiger partial charge < -0.3 is 18.9 Å². The van der Waals surface area contributed by atoms with Gasteiger partial charge in [-0.3, -0.25) is 0 Å². The third-order valence-corrected chi connectivity index (χ3v) is 14.2. The molecule has 15 rings (SSSR count). The van der Waals surface area contributed by atoms with E-state index >= 15 is 0 Å². The zero-order valence-corrected chi connectivity index (χ0v) is 26.8. The van der Waals surface area contributed by atoms with Crippen molar-refractivity contribution in [3.63, 3.8) is 0 Å². The Morgan fingerprint density at radius 1 is 0.354 bits per heavy atom. The first kappa shape index (κ1) is 25.6. The van der Waals surface area contributed by atoms with E-state index in [1.165, 1.54) is 66.8 Å². The van der Waals surface area contributed by atoms with Crippen LogP contribution in [-0.4, -0.2) is 14.2 Å². The maximum absolute atomic E-state index is 7.26. The Morgan fingerprint density at radius 2 is 0.562 bits per heavy atom. The lowest BCUT2D eigenvalue weighted by atomic mass is 9.49. The molecule has 10 aliphatic rings. The SMILES string of the molecule is COc1c2c(c(OC)c3c1[C@H]1O[C@H]3[C@@H]3C4c5ccccc5C(c5ccccc54)[C@@H]31)[C@H]1O[C@H]2[C@@H]2C3c4ccccc4C(c4ccccc43)[C@@H]21. The van der Waals surface area contributed by atoms with Crippen LogP contribution in [0.25, 0.3) is 0 Å². The Bertz CT molecular complexity index is 1880.